The minimum absolute atomic E-state index is 0.116. The summed E-state index contributed by atoms with van der Waals surface area (Å²) in [6.45, 7) is 6.05. The van der Waals surface area contributed by atoms with Crippen LogP contribution >= 0.6 is 23.2 Å². The van der Waals surface area contributed by atoms with Crippen LogP contribution in [0.25, 0.3) is 0 Å². The highest BCUT2D eigenvalue weighted by Crippen LogP contribution is 2.33. The first kappa shape index (κ1) is 18.3. The summed E-state index contributed by atoms with van der Waals surface area (Å²) in [4.78, 5) is 14.4. The molecular weight excluding hydrogens is 307 g/mol. The Labute approximate surface area is 137 Å². The zero-order valence-corrected chi connectivity index (χ0v) is 14.3. The second-order valence-electron chi connectivity index (χ2n) is 5.15. The normalized spacial score (nSPS) is 12.2. The van der Waals surface area contributed by atoms with Gasteiger partial charge in [-0.3, -0.25) is 4.79 Å². The molecule has 0 saturated heterocycles. The molecule has 0 bridgehead atoms. The minimum Gasteiger partial charge on any atom is -0.343 e. The largest absolute Gasteiger partial charge is 0.343 e. The minimum atomic E-state index is -0.144. The van der Waals surface area contributed by atoms with Crippen molar-refractivity contribution in [2.24, 2.45) is 5.73 Å². The lowest BCUT2D eigenvalue weighted by molar-refractivity contribution is -0.131. The van der Waals surface area contributed by atoms with E-state index in [1.807, 2.05) is 4.90 Å². The number of carbonyl (C=O) groups excluding carboxylic acids is 1. The highest BCUT2D eigenvalue weighted by atomic mass is 35.5. The van der Waals surface area contributed by atoms with E-state index in [2.05, 4.69) is 13.8 Å². The fraction of sp³-hybridized carbons (Fsp3) is 0.562. The van der Waals surface area contributed by atoms with E-state index in [4.69, 9.17) is 28.9 Å². The summed E-state index contributed by atoms with van der Waals surface area (Å²) in [5.74, 6) is -0.0277. The molecule has 0 aliphatic rings. The predicted molar refractivity (Wildman–Crippen MR) is 90.0 cm³/mol. The Morgan fingerprint density at radius 3 is 2.14 bits per heavy atom. The first-order valence-corrected chi connectivity index (χ1v) is 8.22. The number of carbonyl (C=O) groups is 1. The highest BCUT2D eigenvalue weighted by molar-refractivity contribution is 6.36. The first-order valence-electron chi connectivity index (χ1n) is 7.46. The van der Waals surface area contributed by atoms with Crippen molar-refractivity contribution in [3.05, 3.63) is 33.8 Å². The van der Waals surface area contributed by atoms with Gasteiger partial charge in [-0.25, -0.2) is 0 Å². The van der Waals surface area contributed by atoms with Crippen LogP contribution in [0.15, 0.2) is 18.2 Å². The van der Waals surface area contributed by atoms with Crippen molar-refractivity contribution in [2.45, 2.75) is 39.0 Å². The van der Waals surface area contributed by atoms with Gasteiger partial charge in [-0.1, -0.05) is 43.1 Å². The van der Waals surface area contributed by atoms with Crippen LogP contribution in [0, 0.1) is 0 Å². The van der Waals surface area contributed by atoms with Gasteiger partial charge in [0.05, 0.1) is 0 Å². The van der Waals surface area contributed by atoms with E-state index >= 15 is 0 Å². The third-order valence-electron chi connectivity index (χ3n) is 3.45. The van der Waals surface area contributed by atoms with Crippen LogP contribution in [0.4, 0.5) is 0 Å². The molecule has 2 N–H and O–H groups in total. The van der Waals surface area contributed by atoms with E-state index in [1.165, 1.54) is 0 Å². The summed E-state index contributed by atoms with van der Waals surface area (Å²) >= 11 is 12.4. The molecular formula is C16H24Cl2N2O. The maximum atomic E-state index is 12.5. The van der Waals surface area contributed by atoms with Gasteiger partial charge in [-0.2, -0.15) is 0 Å². The Kier molecular flexibility index (Phi) is 8.09. The van der Waals surface area contributed by atoms with E-state index in [-0.39, 0.29) is 11.8 Å². The molecule has 0 fully saturated rings. The van der Waals surface area contributed by atoms with Gasteiger partial charge in [-0.05, 0) is 37.1 Å². The van der Waals surface area contributed by atoms with Crippen LogP contribution in [-0.2, 0) is 4.79 Å². The van der Waals surface area contributed by atoms with Crippen molar-refractivity contribution >= 4 is 29.1 Å². The molecule has 118 valence electrons. The van der Waals surface area contributed by atoms with Gasteiger partial charge in [0.2, 0.25) is 5.91 Å². The van der Waals surface area contributed by atoms with Gasteiger partial charge in [-0.15, -0.1) is 0 Å². The Hall–Kier alpha value is -0.770. The standard InChI is InChI=1S/C16H24Cl2N2O/c1-3-8-20(9-4-2)15(21)10-12(11-19)16-13(17)6-5-7-14(16)18/h5-7,12H,3-4,8-11,19H2,1-2H3. The fourth-order valence-corrected chi connectivity index (χ4v) is 3.15. The Morgan fingerprint density at radius 1 is 1.19 bits per heavy atom. The molecule has 0 heterocycles. The Bertz CT molecular complexity index is 439. The molecule has 0 radical (unpaired) electrons. The Balaban J connectivity index is 2.88. The molecule has 0 saturated carbocycles. The van der Waals surface area contributed by atoms with Crippen molar-refractivity contribution in [3.63, 3.8) is 0 Å². The van der Waals surface area contributed by atoms with Gasteiger partial charge in [0, 0.05) is 35.5 Å². The quantitative estimate of drug-likeness (QED) is 0.780. The van der Waals surface area contributed by atoms with Crippen molar-refractivity contribution in [3.8, 4) is 0 Å². The van der Waals surface area contributed by atoms with Gasteiger partial charge < -0.3 is 10.6 Å². The van der Waals surface area contributed by atoms with E-state index < -0.39 is 0 Å². The van der Waals surface area contributed by atoms with Crippen LogP contribution in [0.3, 0.4) is 0 Å². The molecule has 0 spiro atoms. The summed E-state index contributed by atoms with van der Waals surface area (Å²) < 4.78 is 0. The monoisotopic (exact) mass is 330 g/mol. The smallest absolute Gasteiger partial charge is 0.223 e. The second kappa shape index (κ2) is 9.29. The zero-order valence-electron chi connectivity index (χ0n) is 12.7. The summed E-state index contributed by atoms with van der Waals surface area (Å²) in [5.41, 5.74) is 6.63. The number of hydrogen-bond donors (Lipinski definition) is 1. The maximum absolute atomic E-state index is 12.5. The molecule has 0 aliphatic carbocycles. The highest BCUT2D eigenvalue weighted by Gasteiger charge is 2.22. The zero-order chi connectivity index (χ0) is 15.8. The first-order chi connectivity index (χ1) is 10.0. The topological polar surface area (TPSA) is 46.3 Å². The van der Waals surface area contributed by atoms with Crippen LogP contribution in [0.5, 0.6) is 0 Å². The van der Waals surface area contributed by atoms with E-state index in [0.29, 0.717) is 23.0 Å². The number of hydrogen-bond acceptors (Lipinski definition) is 2. The number of benzene rings is 1. The molecule has 0 aliphatic heterocycles. The molecule has 5 heteroatoms. The van der Waals surface area contributed by atoms with Crippen molar-refractivity contribution in [1.82, 2.24) is 4.90 Å². The van der Waals surface area contributed by atoms with Crippen LogP contribution in [-0.4, -0.2) is 30.4 Å². The van der Waals surface area contributed by atoms with Crippen molar-refractivity contribution < 1.29 is 4.79 Å². The summed E-state index contributed by atoms with van der Waals surface area (Å²) in [6, 6.07) is 5.36. The van der Waals surface area contributed by atoms with Crippen LogP contribution in [0.1, 0.15) is 44.6 Å². The van der Waals surface area contributed by atoms with E-state index in [9.17, 15) is 4.79 Å². The summed E-state index contributed by atoms with van der Waals surface area (Å²) in [7, 11) is 0. The van der Waals surface area contributed by atoms with Crippen LogP contribution < -0.4 is 5.73 Å². The Morgan fingerprint density at radius 2 is 1.71 bits per heavy atom. The molecule has 1 aromatic rings. The number of halogens is 2. The average Bonchev–Trinajstić information content (AvgIpc) is 2.45. The molecule has 1 rings (SSSR count). The number of nitrogens with zero attached hydrogens (tertiary/aromatic N) is 1. The maximum Gasteiger partial charge on any atom is 0.223 e. The number of amides is 1. The lowest BCUT2D eigenvalue weighted by atomic mass is 9.95. The second-order valence-corrected chi connectivity index (χ2v) is 5.97. The molecule has 3 nitrogen and oxygen atoms in total. The van der Waals surface area contributed by atoms with Crippen molar-refractivity contribution in [2.75, 3.05) is 19.6 Å². The van der Waals surface area contributed by atoms with Gasteiger partial charge in [0.15, 0.2) is 0 Å². The third-order valence-corrected chi connectivity index (χ3v) is 4.11. The van der Waals surface area contributed by atoms with Crippen molar-refractivity contribution in [1.29, 1.82) is 0 Å². The SMILES string of the molecule is CCCN(CCC)C(=O)CC(CN)c1c(Cl)cccc1Cl. The van der Waals surface area contributed by atoms with Gasteiger partial charge in [0.1, 0.15) is 0 Å². The molecule has 1 unspecified atom stereocenters. The van der Waals surface area contributed by atoms with Crippen LogP contribution in [0.2, 0.25) is 10.0 Å². The molecule has 0 aromatic heterocycles. The lowest BCUT2D eigenvalue weighted by Gasteiger charge is -2.25. The third kappa shape index (κ3) is 5.17. The van der Waals surface area contributed by atoms with Gasteiger partial charge >= 0.3 is 0 Å². The molecule has 1 aromatic carbocycles. The number of rotatable bonds is 8. The molecule has 1 amide bonds. The van der Waals surface area contributed by atoms with E-state index in [1.54, 1.807) is 18.2 Å². The summed E-state index contributed by atoms with van der Waals surface area (Å²) in [5, 5.41) is 1.14. The lowest BCUT2D eigenvalue weighted by Crippen LogP contribution is -2.34. The van der Waals surface area contributed by atoms with Gasteiger partial charge in [0.25, 0.3) is 0 Å². The summed E-state index contributed by atoms with van der Waals surface area (Å²) in [6.07, 6.45) is 2.25. The van der Waals surface area contributed by atoms with E-state index in [0.717, 1.165) is 31.5 Å². The predicted octanol–water partition coefficient (Wildman–Crippen LogP) is 4.07. The number of nitrogens with two attached hydrogens (primary N) is 1. The molecule has 21 heavy (non-hydrogen) atoms. The fourth-order valence-electron chi connectivity index (χ4n) is 2.44. The molecule has 1 atom stereocenters. The average molecular weight is 331 g/mol.